The van der Waals surface area contributed by atoms with E-state index in [4.69, 9.17) is 23.7 Å². The summed E-state index contributed by atoms with van der Waals surface area (Å²) in [6, 6.07) is 28.5. The van der Waals surface area contributed by atoms with E-state index in [1.807, 2.05) is 88.4 Å². The molecule has 0 radical (unpaired) electrons. The molecule has 3 aromatic carbocycles. The average molecular weight is 1150 g/mol. The number of esters is 5. The van der Waals surface area contributed by atoms with Crippen molar-refractivity contribution in [1.29, 1.82) is 0 Å². The maximum atomic E-state index is 16.1. The van der Waals surface area contributed by atoms with Crippen LogP contribution in [0.2, 0.25) is 0 Å². The van der Waals surface area contributed by atoms with Crippen molar-refractivity contribution in [2.24, 2.45) is 99.1 Å². The third kappa shape index (κ3) is 10.0. The van der Waals surface area contributed by atoms with Gasteiger partial charge in [-0.2, -0.15) is 0 Å². The van der Waals surface area contributed by atoms with Crippen molar-refractivity contribution >= 4 is 40.7 Å². The largest absolute Gasteiger partial charge is 0.459 e. The number of carbonyl (C=O) groups excluding carboxylic acids is 5. The number of hydrogen-bond donors (Lipinski definition) is 1. The second-order valence-electron chi connectivity index (χ2n) is 31.1. The summed E-state index contributed by atoms with van der Waals surface area (Å²) in [5.74, 6) is 1.69. The fourth-order valence-electron chi connectivity index (χ4n) is 21.5. The van der Waals surface area contributed by atoms with Gasteiger partial charge in [-0.25, -0.2) is 0 Å². The highest BCUT2D eigenvalue weighted by atomic mass is 32.2. The first-order chi connectivity index (χ1) is 39.6. The van der Waals surface area contributed by atoms with Gasteiger partial charge in [0.25, 0.3) is 0 Å². The van der Waals surface area contributed by atoms with Gasteiger partial charge >= 0.3 is 29.8 Å². The number of benzene rings is 3. The Morgan fingerprint density at radius 1 is 0.663 bits per heavy atom. The van der Waals surface area contributed by atoms with E-state index < -0.39 is 80.0 Å². The molecule has 83 heavy (non-hydrogen) atoms. The Morgan fingerprint density at radius 2 is 1.27 bits per heavy atom. The molecule has 1 aliphatic heterocycles. The SMILES string of the molecule is CC1C2CCC(C2)C1CC(CC(C)(CC(C)(CC(C)(C)C(=O)Oc1ccc([S+](c2ccccc2)c2ccccc2)cc1)C(=O)OC12CC3CC(CC(O)(C3)C1)C2)C(=O)OC1C2CC3C(=O)OC1C3C2)C(=O)OC1(C)C2CC3CC(C2)CC1C3. The van der Waals surface area contributed by atoms with E-state index in [1.165, 1.54) is 22.6 Å². The minimum Gasteiger partial charge on any atom is -0.459 e. The van der Waals surface area contributed by atoms with Crippen molar-refractivity contribution in [3.05, 3.63) is 84.9 Å². The quantitative estimate of drug-likeness (QED) is 0.0528. The van der Waals surface area contributed by atoms with Gasteiger partial charge in [-0.1, -0.05) is 43.3 Å². The van der Waals surface area contributed by atoms with Crippen LogP contribution in [0.4, 0.5) is 0 Å². The predicted molar refractivity (Wildman–Crippen MR) is 312 cm³/mol. The van der Waals surface area contributed by atoms with Crippen molar-refractivity contribution in [2.75, 3.05) is 0 Å². The molecular formula is C71H89O11S+. The molecule has 0 spiro atoms. The van der Waals surface area contributed by atoms with Crippen LogP contribution in [0.25, 0.3) is 0 Å². The minimum absolute atomic E-state index is 0.00629. The summed E-state index contributed by atoms with van der Waals surface area (Å²) in [6.07, 6.45) is 13.9. The first-order valence-electron chi connectivity index (χ1n) is 32.3. The van der Waals surface area contributed by atoms with Gasteiger partial charge in [0.15, 0.2) is 14.7 Å². The molecule has 444 valence electrons. The molecule has 0 aromatic heterocycles. The number of ether oxygens (including phenoxy) is 5. The van der Waals surface area contributed by atoms with Crippen LogP contribution in [-0.2, 0) is 53.8 Å². The fourth-order valence-corrected chi connectivity index (χ4v) is 23.6. The fraction of sp³-hybridized carbons (Fsp3) is 0.676. The molecule has 1 saturated heterocycles. The minimum atomic E-state index is -1.52. The highest BCUT2D eigenvalue weighted by Gasteiger charge is 2.66. The molecule has 11 nitrogen and oxygen atoms in total. The highest BCUT2D eigenvalue weighted by Crippen LogP contribution is 2.63. The Labute approximate surface area is 494 Å². The zero-order chi connectivity index (χ0) is 57.6. The van der Waals surface area contributed by atoms with Crippen LogP contribution >= 0.6 is 0 Å². The number of rotatable bonds is 19. The summed E-state index contributed by atoms with van der Waals surface area (Å²) < 4.78 is 33.3. The van der Waals surface area contributed by atoms with Crippen LogP contribution in [0.5, 0.6) is 5.75 Å². The van der Waals surface area contributed by atoms with Gasteiger partial charge in [0, 0.05) is 18.3 Å². The number of fused-ring (bicyclic) bond motifs is 3. The van der Waals surface area contributed by atoms with Crippen molar-refractivity contribution in [1.82, 2.24) is 0 Å². The molecule has 12 bridgehead atoms. The maximum Gasteiger partial charge on any atom is 0.316 e. The Morgan fingerprint density at radius 3 is 1.87 bits per heavy atom. The lowest BCUT2D eigenvalue weighted by molar-refractivity contribution is -0.228. The second-order valence-corrected chi connectivity index (χ2v) is 33.1. The van der Waals surface area contributed by atoms with Crippen molar-refractivity contribution < 1.29 is 52.8 Å². The molecule has 12 heteroatoms. The summed E-state index contributed by atoms with van der Waals surface area (Å²) in [7, 11) is -0.412. The lowest BCUT2D eigenvalue weighted by Gasteiger charge is -2.59. The van der Waals surface area contributed by atoms with E-state index in [0.717, 1.165) is 56.3 Å². The van der Waals surface area contributed by atoms with E-state index in [9.17, 15) is 9.90 Å². The molecule has 12 aliphatic carbocycles. The van der Waals surface area contributed by atoms with Crippen LogP contribution < -0.4 is 4.74 Å². The summed E-state index contributed by atoms with van der Waals surface area (Å²) >= 11 is 0. The van der Waals surface area contributed by atoms with Crippen molar-refractivity contribution in [2.45, 2.75) is 214 Å². The summed E-state index contributed by atoms with van der Waals surface area (Å²) in [5, 5.41) is 12.0. The molecule has 14 atom stereocenters. The summed E-state index contributed by atoms with van der Waals surface area (Å²) in [6.45, 7) is 11.9. The summed E-state index contributed by atoms with van der Waals surface area (Å²) in [5.41, 5.74) is -6.71. The van der Waals surface area contributed by atoms with Gasteiger partial charge in [0.1, 0.15) is 29.2 Å². The molecule has 1 N–H and O–H groups in total. The van der Waals surface area contributed by atoms with E-state index >= 15 is 19.2 Å². The van der Waals surface area contributed by atoms with Crippen molar-refractivity contribution in [3.8, 4) is 5.75 Å². The third-order valence-electron chi connectivity index (χ3n) is 24.5. The van der Waals surface area contributed by atoms with E-state index in [0.29, 0.717) is 92.1 Å². The smallest absolute Gasteiger partial charge is 0.316 e. The Hall–Kier alpha value is -4.68. The molecule has 13 fully saturated rings. The average Bonchev–Trinajstić information content (AvgIpc) is 2.07. The van der Waals surface area contributed by atoms with E-state index in [1.54, 1.807) is 0 Å². The van der Waals surface area contributed by atoms with Gasteiger partial charge in [0.05, 0.1) is 44.6 Å². The Kier molecular flexibility index (Phi) is 13.8. The molecule has 12 saturated carbocycles. The molecule has 16 rings (SSSR count). The zero-order valence-corrected chi connectivity index (χ0v) is 50.7. The molecule has 3 aromatic rings. The predicted octanol–water partition coefficient (Wildman–Crippen LogP) is 13.5. The molecule has 1 heterocycles. The Balaban J connectivity index is 0.803. The molecule has 0 amide bonds. The normalized spacial score (nSPS) is 40.0. The topological polar surface area (TPSA) is 152 Å². The number of hydrogen-bond acceptors (Lipinski definition) is 11. The van der Waals surface area contributed by atoms with Gasteiger partial charge in [-0.05, 0) is 264 Å². The lowest BCUT2D eigenvalue weighted by atomic mass is 9.50. The maximum absolute atomic E-state index is 16.1. The van der Waals surface area contributed by atoms with Crippen LogP contribution in [0.1, 0.15) is 170 Å². The Bertz CT molecular complexity index is 2930. The van der Waals surface area contributed by atoms with Crippen LogP contribution in [0.3, 0.4) is 0 Å². The van der Waals surface area contributed by atoms with E-state index in [-0.39, 0.29) is 66.7 Å². The highest BCUT2D eigenvalue weighted by molar-refractivity contribution is 7.97. The lowest BCUT2D eigenvalue weighted by Crippen LogP contribution is -2.61. The first-order valence-corrected chi connectivity index (χ1v) is 33.6. The van der Waals surface area contributed by atoms with E-state index in [2.05, 4.69) is 38.1 Å². The first kappa shape index (κ1) is 56.1. The van der Waals surface area contributed by atoms with Crippen LogP contribution in [-0.4, -0.2) is 64.0 Å². The van der Waals surface area contributed by atoms with Gasteiger partial charge < -0.3 is 28.8 Å². The second kappa shape index (κ2) is 20.5. The van der Waals surface area contributed by atoms with Crippen LogP contribution in [0, 0.1) is 99.1 Å². The third-order valence-corrected chi connectivity index (χ3v) is 26.8. The number of carbonyl (C=O) groups is 5. The monoisotopic (exact) mass is 1150 g/mol. The molecule has 14 unspecified atom stereocenters. The van der Waals surface area contributed by atoms with Crippen LogP contribution in [0.15, 0.2) is 99.6 Å². The van der Waals surface area contributed by atoms with Gasteiger partial charge in [-0.15, -0.1) is 0 Å². The van der Waals surface area contributed by atoms with Gasteiger partial charge in [0.2, 0.25) is 0 Å². The van der Waals surface area contributed by atoms with Crippen molar-refractivity contribution in [3.63, 3.8) is 0 Å². The molecular weight excluding hydrogens is 1060 g/mol. The molecule has 13 aliphatic rings. The standard InChI is InChI=1S/C71H89O11S/c1-41-46-17-18-47(29-46)56(41)32-49(61(72)81-69(6)50-25-42-23-43(27-50)28-51(69)26-42)37-67(4,64(75)80-59-48-30-57-58(31-48)62(73)79-60(57)59)39-68(5,65(76)82-71-35-44-24-45(36-71)34-70(77,33-44)40-71)38-66(2,3)63(74)78-52-19-21-55(22-20-52)83(53-13-9-7-10-14-53)54-15-11-8-12-16-54/h7-16,19-22,41-51,56-60,77H,17-18,23-40H2,1-6H3/q+1. The van der Waals surface area contributed by atoms with Gasteiger partial charge in [-0.3, -0.25) is 24.0 Å². The number of aliphatic hydroxyl groups is 1. The zero-order valence-electron chi connectivity index (χ0n) is 49.9. The summed E-state index contributed by atoms with van der Waals surface area (Å²) in [4.78, 5) is 79.4.